The van der Waals surface area contributed by atoms with E-state index in [0.29, 0.717) is 48.6 Å². The number of benzene rings is 2. The Bertz CT molecular complexity index is 1310. The molecule has 0 bridgehead atoms. The van der Waals surface area contributed by atoms with Gasteiger partial charge in [-0.3, -0.25) is 9.59 Å². The molecule has 1 fully saturated rings. The molecule has 1 amide bonds. The first-order valence-electron chi connectivity index (χ1n) is 11.0. The highest BCUT2D eigenvalue weighted by Crippen LogP contribution is 2.27. The SMILES string of the molecule is CCc1cc(=O)[nH]c(-c2cccc(NC(=O)C3CCCCN3S(=O)(=O)c3ccccc3)c2)n1. The predicted octanol–water partition coefficient (Wildman–Crippen LogP) is 3.18. The average Bonchev–Trinajstić information content (AvgIpc) is 2.84. The molecular formula is C24H26N4O4S. The van der Waals surface area contributed by atoms with E-state index in [0.717, 1.165) is 6.42 Å². The predicted molar refractivity (Wildman–Crippen MR) is 126 cm³/mol. The van der Waals surface area contributed by atoms with Crippen LogP contribution in [0, 0.1) is 0 Å². The maximum atomic E-state index is 13.2. The minimum Gasteiger partial charge on any atom is -0.325 e. The summed E-state index contributed by atoms with van der Waals surface area (Å²) < 4.78 is 27.7. The van der Waals surface area contributed by atoms with Crippen molar-refractivity contribution >= 4 is 21.6 Å². The third-order valence-electron chi connectivity index (χ3n) is 5.67. The van der Waals surface area contributed by atoms with Crippen LogP contribution in [0.2, 0.25) is 0 Å². The number of sulfonamides is 1. The standard InChI is InChI=1S/C24H26N4O4S/c1-2-18-16-22(29)27-23(25-18)17-9-8-10-19(15-17)26-24(30)21-13-6-7-14-28(21)33(31,32)20-11-4-3-5-12-20/h3-5,8-12,15-16,21H,2,6-7,13-14H2,1H3,(H,26,30)(H,25,27,29). The van der Waals surface area contributed by atoms with Gasteiger partial charge >= 0.3 is 0 Å². The minimum atomic E-state index is -3.79. The number of anilines is 1. The summed E-state index contributed by atoms with van der Waals surface area (Å²) in [5, 5.41) is 2.85. The van der Waals surface area contributed by atoms with Crippen molar-refractivity contribution in [3.8, 4) is 11.4 Å². The van der Waals surface area contributed by atoms with Crippen LogP contribution < -0.4 is 10.9 Å². The monoisotopic (exact) mass is 466 g/mol. The molecule has 2 aromatic carbocycles. The zero-order valence-corrected chi connectivity index (χ0v) is 19.1. The average molecular weight is 467 g/mol. The Hall–Kier alpha value is -3.30. The fourth-order valence-corrected chi connectivity index (χ4v) is 5.66. The van der Waals surface area contributed by atoms with E-state index in [1.165, 1.54) is 10.4 Å². The Morgan fingerprint density at radius 2 is 1.91 bits per heavy atom. The van der Waals surface area contributed by atoms with Gasteiger partial charge in [-0.15, -0.1) is 0 Å². The molecule has 2 N–H and O–H groups in total. The highest BCUT2D eigenvalue weighted by atomic mass is 32.2. The second-order valence-electron chi connectivity index (χ2n) is 7.95. The molecular weight excluding hydrogens is 440 g/mol. The van der Waals surface area contributed by atoms with E-state index in [-0.39, 0.29) is 16.4 Å². The summed E-state index contributed by atoms with van der Waals surface area (Å²) in [6, 6.07) is 15.8. The molecule has 0 saturated carbocycles. The van der Waals surface area contributed by atoms with Crippen molar-refractivity contribution in [3.05, 3.63) is 76.7 Å². The number of aryl methyl sites for hydroxylation is 1. The Morgan fingerprint density at radius 1 is 1.12 bits per heavy atom. The zero-order chi connectivity index (χ0) is 23.4. The lowest BCUT2D eigenvalue weighted by atomic mass is 10.0. The van der Waals surface area contributed by atoms with Gasteiger partial charge in [0, 0.05) is 29.6 Å². The molecule has 33 heavy (non-hydrogen) atoms. The fraction of sp³-hybridized carbons (Fsp3) is 0.292. The molecule has 1 aromatic heterocycles. The van der Waals surface area contributed by atoms with Gasteiger partial charge in [-0.05, 0) is 43.5 Å². The largest absolute Gasteiger partial charge is 0.325 e. The summed E-state index contributed by atoms with van der Waals surface area (Å²) >= 11 is 0. The molecule has 172 valence electrons. The molecule has 1 atom stereocenters. The Labute approximate surface area is 192 Å². The second-order valence-corrected chi connectivity index (χ2v) is 9.84. The first-order valence-corrected chi connectivity index (χ1v) is 12.4. The number of carbonyl (C=O) groups is 1. The molecule has 4 rings (SSSR count). The fourth-order valence-electron chi connectivity index (χ4n) is 3.98. The molecule has 8 nitrogen and oxygen atoms in total. The lowest BCUT2D eigenvalue weighted by Gasteiger charge is -2.33. The number of hydrogen-bond acceptors (Lipinski definition) is 5. The first kappa shape index (κ1) is 22.9. The summed E-state index contributed by atoms with van der Waals surface area (Å²) in [5.41, 5.74) is 1.59. The highest BCUT2D eigenvalue weighted by Gasteiger charge is 2.37. The summed E-state index contributed by atoms with van der Waals surface area (Å²) in [5.74, 6) is 0.0384. The Kier molecular flexibility index (Phi) is 6.71. The molecule has 3 aromatic rings. The van der Waals surface area contributed by atoms with Crippen molar-refractivity contribution in [2.75, 3.05) is 11.9 Å². The third kappa shape index (κ3) is 5.04. The summed E-state index contributed by atoms with van der Waals surface area (Å²) in [4.78, 5) is 32.5. The second kappa shape index (κ2) is 9.68. The van der Waals surface area contributed by atoms with Crippen LogP contribution in [0.1, 0.15) is 31.9 Å². The van der Waals surface area contributed by atoms with Crippen molar-refractivity contribution in [2.24, 2.45) is 0 Å². The number of aromatic nitrogens is 2. The normalized spacial score (nSPS) is 16.9. The van der Waals surface area contributed by atoms with Crippen molar-refractivity contribution in [1.82, 2.24) is 14.3 Å². The number of aromatic amines is 1. The lowest BCUT2D eigenvalue weighted by molar-refractivity contribution is -0.120. The van der Waals surface area contributed by atoms with Crippen molar-refractivity contribution in [1.29, 1.82) is 0 Å². The van der Waals surface area contributed by atoms with E-state index in [1.54, 1.807) is 54.6 Å². The number of rotatable bonds is 6. The molecule has 0 aliphatic carbocycles. The molecule has 1 aliphatic heterocycles. The van der Waals surface area contributed by atoms with Crippen molar-refractivity contribution < 1.29 is 13.2 Å². The number of H-pyrrole nitrogens is 1. The molecule has 2 heterocycles. The number of hydrogen-bond donors (Lipinski definition) is 2. The van der Waals surface area contributed by atoms with Gasteiger partial charge in [0.05, 0.1) is 4.90 Å². The molecule has 0 radical (unpaired) electrons. The minimum absolute atomic E-state index is 0.178. The molecule has 1 saturated heterocycles. The zero-order valence-electron chi connectivity index (χ0n) is 18.3. The van der Waals surface area contributed by atoms with E-state index in [9.17, 15) is 18.0 Å². The van der Waals surface area contributed by atoms with Crippen LogP contribution in [0.15, 0.2) is 70.4 Å². The summed E-state index contributed by atoms with van der Waals surface area (Å²) in [6.07, 6.45) is 2.55. The molecule has 1 unspecified atom stereocenters. The van der Waals surface area contributed by atoms with E-state index in [4.69, 9.17) is 0 Å². The number of piperidine rings is 1. The van der Waals surface area contributed by atoms with Gasteiger partial charge < -0.3 is 10.3 Å². The van der Waals surface area contributed by atoms with E-state index >= 15 is 0 Å². The van der Waals surface area contributed by atoms with E-state index in [1.807, 2.05) is 6.92 Å². The lowest BCUT2D eigenvalue weighted by Crippen LogP contribution is -2.49. The van der Waals surface area contributed by atoms with Crippen LogP contribution in [0.4, 0.5) is 5.69 Å². The van der Waals surface area contributed by atoms with E-state index in [2.05, 4.69) is 15.3 Å². The third-order valence-corrected chi connectivity index (χ3v) is 7.59. The van der Waals surface area contributed by atoms with Gasteiger partial charge in [0.15, 0.2) is 0 Å². The Balaban J connectivity index is 1.58. The number of nitrogens with one attached hydrogen (secondary N) is 2. The Morgan fingerprint density at radius 3 is 2.67 bits per heavy atom. The van der Waals surface area contributed by atoms with Crippen LogP contribution in [-0.4, -0.2) is 41.2 Å². The number of amides is 1. The van der Waals surface area contributed by atoms with Crippen LogP contribution in [0.3, 0.4) is 0 Å². The highest BCUT2D eigenvalue weighted by molar-refractivity contribution is 7.89. The van der Waals surface area contributed by atoms with Crippen LogP contribution in [0.5, 0.6) is 0 Å². The smallest absolute Gasteiger partial charge is 0.251 e. The van der Waals surface area contributed by atoms with Crippen molar-refractivity contribution in [3.63, 3.8) is 0 Å². The van der Waals surface area contributed by atoms with Gasteiger partial charge in [0.1, 0.15) is 11.9 Å². The molecule has 0 spiro atoms. The van der Waals surface area contributed by atoms with Crippen LogP contribution in [0.25, 0.3) is 11.4 Å². The van der Waals surface area contributed by atoms with Gasteiger partial charge in [-0.1, -0.05) is 43.7 Å². The van der Waals surface area contributed by atoms with Gasteiger partial charge in [0.2, 0.25) is 15.9 Å². The van der Waals surface area contributed by atoms with Crippen LogP contribution in [-0.2, 0) is 21.2 Å². The topological polar surface area (TPSA) is 112 Å². The van der Waals surface area contributed by atoms with Crippen molar-refractivity contribution in [2.45, 2.75) is 43.5 Å². The van der Waals surface area contributed by atoms with Gasteiger partial charge in [-0.25, -0.2) is 13.4 Å². The van der Waals surface area contributed by atoms with Gasteiger partial charge in [-0.2, -0.15) is 4.31 Å². The number of nitrogens with zero attached hydrogens (tertiary/aromatic N) is 2. The quantitative estimate of drug-likeness (QED) is 0.579. The van der Waals surface area contributed by atoms with E-state index < -0.39 is 16.1 Å². The molecule has 1 aliphatic rings. The van der Waals surface area contributed by atoms with Crippen LogP contribution >= 0.6 is 0 Å². The first-order chi connectivity index (χ1) is 15.9. The maximum Gasteiger partial charge on any atom is 0.251 e. The number of carbonyl (C=O) groups excluding carboxylic acids is 1. The summed E-state index contributed by atoms with van der Waals surface area (Å²) in [7, 11) is -3.79. The molecule has 9 heteroatoms. The van der Waals surface area contributed by atoms with Gasteiger partial charge in [0.25, 0.3) is 5.56 Å². The maximum absolute atomic E-state index is 13.2. The summed E-state index contributed by atoms with van der Waals surface area (Å²) in [6.45, 7) is 2.21.